The number of hydrogen-bond donors (Lipinski definition) is 4. The number of carbonyl (C=O) groups excluding carboxylic acids is 3. The molecule has 3 aliphatic heterocycles. The topological polar surface area (TPSA) is 156 Å². The molecule has 2 amide bonds. The first kappa shape index (κ1) is 38.9. The summed E-state index contributed by atoms with van der Waals surface area (Å²) >= 11 is 0. The molecule has 2 aromatic rings. The van der Waals surface area contributed by atoms with E-state index in [-0.39, 0.29) is 56.6 Å². The van der Waals surface area contributed by atoms with Gasteiger partial charge in [0, 0.05) is 38.8 Å². The highest BCUT2D eigenvalue weighted by molar-refractivity contribution is 5.94. The minimum absolute atomic E-state index is 0.0136. The monoisotopic (exact) mass is 733 g/mol. The van der Waals surface area contributed by atoms with E-state index in [4.69, 9.17) is 24.2 Å². The maximum atomic E-state index is 14.5. The van der Waals surface area contributed by atoms with Crippen LogP contribution in [0.15, 0.2) is 54.6 Å². The normalized spacial score (nSPS) is 27.1. The molecule has 12 heteroatoms. The summed E-state index contributed by atoms with van der Waals surface area (Å²) in [7, 11) is 0. The van der Waals surface area contributed by atoms with Crippen LogP contribution in [0.4, 0.5) is 0 Å². The van der Waals surface area contributed by atoms with Crippen LogP contribution in [-0.2, 0) is 46.4 Å². The van der Waals surface area contributed by atoms with Crippen LogP contribution < -0.4 is 10.6 Å². The Hall–Kier alpha value is -3.81. The van der Waals surface area contributed by atoms with E-state index in [0.717, 1.165) is 55.2 Å². The predicted molar refractivity (Wildman–Crippen MR) is 197 cm³/mol. The molecule has 2 aromatic carbocycles. The van der Waals surface area contributed by atoms with E-state index in [1.54, 1.807) is 17.2 Å². The Morgan fingerprint density at radius 1 is 0.925 bits per heavy atom. The number of esters is 1. The van der Waals surface area contributed by atoms with Crippen molar-refractivity contribution in [1.29, 1.82) is 0 Å². The number of fused-ring (bicyclic) bond motifs is 4. The van der Waals surface area contributed by atoms with Crippen molar-refractivity contribution >= 4 is 23.9 Å². The van der Waals surface area contributed by atoms with E-state index in [1.165, 1.54) is 0 Å². The van der Waals surface area contributed by atoms with E-state index in [2.05, 4.69) is 24.5 Å². The second kappa shape index (κ2) is 17.6. The van der Waals surface area contributed by atoms with E-state index in [0.29, 0.717) is 19.3 Å². The van der Waals surface area contributed by atoms with Crippen molar-refractivity contribution in [3.05, 3.63) is 71.3 Å². The average Bonchev–Trinajstić information content (AvgIpc) is 3.71. The molecule has 3 saturated heterocycles. The molecule has 53 heavy (non-hydrogen) atoms. The molecule has 4 fully saturated rings. The van der Waals surface area contributed by atoms with Gasteiger partial charge in [-0.1, -0.05) is 94.1 Å². The number of hydroxylamine groups is 2. The van der Waals surface area contributed by atoms with Gasteiger partial charge in [-0.3, -0.25) is 19.2 Å². The number of aliphatic hydroxyl groups excluding tert-OH is 1. The third kappa shape index (κ3) is 8.32. The highest BCUT2D eigenvalue weighted by Gasteiger charge is 2.76. The molecule has 0 aromatic heterocycles. The number of ether oxygens (including phenoxy) is 3. The lowest BCUT2D eigenvalue weighted by atomic mass is 9.62. The summed E-state index contributed by atoms with van der Waals surface area (Å²) in [5.74, 6) is -1.88. The quantitative estimate of drug-likeness (QED) is 0.118. The molecule has 2 bridgehead atoms. The van der Waals surface area contributed by atoms with Gasteiger partial charge in [0.1, 0.15) is 35.6 Å². The van der Waals surface area contributed by atoms with Crippen LogP contribution in [-0.4, -0.2) is 89.0 Å². The highest BCUT2D eigenvalue weighted by atomic mass is 16.8. The third-order valence-corrected chi connectivity index (χ3v) is 11.1. The largest absolute Gasteiger partial charge is 0.508 e. The summed E-state index contributed by atoms with van der Waals surface area (Å²) in [4.78, 5) is 47.8. The molecule has 6 atom stereocenters. The second-order valence-electron chi connectivity index (χ2n) is 14.7. The van der Waals surface area contributed by atoms with Crippen LogP contribution in [0.2, 0.25) is 0 Å². The standard InChI is InChI=1S/C41H55N3O9/c1-3-5-11-21-40(22-12-6-4-2)51-34-32-26-41(39(49)43-23-20-33(47)42-24-25-45)36(38(48)50-32)44(53-37(41)35(34)52-40)27-30-16-8-7-14-28(30)17-13-18-29-15-9-10-19-31(29)46/h7-10,13-17,19,32,34-37,45-46H,3-6,11-12,18,20-27H2,1-2H3,(H,42,47)(H,43,49)/t32-,34+,35+,36+,37-,41+/m1/s1. The lowest BCUT2D eigenvalue weighted by Gasteiger charge is -2.48. The van der Waals surface area contributed by atoms with Crippen molar-refractivity contribution in [2.24, 2.45) is 5.41 Å². The molecule has 0 radical (unpaired) electrons. The molecule has 12 nitrogen and oxygen atoms in total. The minimum Gasteiger partial charge on any atom is -0.508 e. The SMILES string of the molecule is CCCCCC1(CCCCC)O[C@@H]2[C@H](O1)[C@H]1ON(Cc3ccccc3C=CCc3ccccc3O)[C@H]3C(=O)O[C@@H]2C[C@@]13C(=O)NCCC(=O)NCCO. The smallest absolute Gasteiger partial charge is 0.327 e. The summed E-state index contributed by atoms with van der Waals surface area (Å²) in [5, 5.41) is 26.5. The zero-order valence-corrected chi connectivity index (χ0v) is 31.0. The lowest BCUT2D eigenvalue weighted by Crippen LogP contribution is -2.69. The van der Waals surface area contributed by atoms with Gasteiger partial charge in [0.2, 0.25) is 11.8 Å². The predicted octanol–water partition coefficient (Wildman–Crippen LogP) is 4.70. The molecule has 4 aliphatic rings. The number of benzene rings is 2. The van der Waals surface area contributed by atoms with Gasteiger partial charge in [0.15, 0.2) is 11.8 Å². The van der Waals surface area contributed by atoms with Gasteiger partial charge >= 0.3 is 5.97 Å². The van der Waals surface area contributed by atoms with Crippen LogP contribution in [0.5, 0.6) is 5.75 Å². The first-order valence-electron chi connectivity index (χ1n) is 19.4. The molecule has 3 heterocycles. The van der Waals surface area contributed by atoms with Crippen molar-refractivity contribution < 1.29 is 43.6 Å². The van der Waals surface area contributed by atoms with E-state index >= 15 is 0 Å². The number of nitrogens with zero attached hydrogens (tertiary/aromatic N) is 1. The number of unbranched alkanes of at least 4 members (excludes halogenated alkanes) is 4. The maximum absolute atomic E-state index is 14.5. The molecular weight excluding hydrogens is 678 g/mol. The third-order valence-electron chi connectivity index (χ3n) is 11.1. The number of aliphatic hydroxyl groups is 1. The molecule has 1 saturated carbocycles. The van der Waals surface area contributed by atoms with Gasteiger partial charge in [0.05, 0.1) is 13.2 Å². The summed E-state index contributed by atoms with van der Waals surface area (Å²) in [6.45, 7) is 4.49. The van der Waals surface area contributed by atoms with E-state index in [1.807, 2.05) is 48.6 Å². The lowest BCUT2D eigenvalue weighted by molar-refractivity contribution is -0.224. The van der Waals surface area contributed by atoms with Crippen LogP contribution in [0.25, 0.3) is 6.08 Å². The number of hydrogen-bond acceptors (Lipinski definition) is 10. The van der Waals surface area contributed by atoms with E-state index in [9.17, 15) is 19.5 Å². The Morgan fingerprint density at radius 2 is 1.62 bits per heavy atom. The first-order valence-corrected chi connectivity index (χ1v) is 19.4. The number of phenolic OH excluding ortho intramolecular Hbond substituents is 1. The fourth-order valence-electron chi connectivity index (χ4n) is 8.44. The Bertz CT molecular complexity index is 1610. The number of amides is 2. The maximum Gasteiger partial charge on any atom is 0.327 e. The zero-order valence-electron chi connectivity index (χ0n) is 31.0. The van der Waals surface area contributed by atoms with Crippen LogP contribution in [0.3, 0.4) is 0 Å². The number of nitrogens with one attached hydrogen (secondary N) is 2. The van der Waals surface area contributed by atoms with Gasteiger partial charge in [-0.2, -0.15) is 5.06 Å². The van der Waals surface area contributed by atoms with Gasteiger partial charge < -0.3 is 35.1 Å². The first-order chi connectivity index (χ1) is 25.7. The zero-order chi connectivity index (χ0) is 37.4. The fourth-order valence-corrected chi connectivity index (χ4v) is 8.44. The Labute approximate surface area is 312 Å². The molecule has 0 spiro atoms. The summed E-state index contributed by atoms with van der Waals surface area (Å²) < 4.78 is 20.0. The Kier molecular flexibility index (Phi) is 12.9. The summed E-state index contributed by atoms with van der Waals surface area (Å²) in [5.41, 5.74) is 1.23. The summed E-state index contributed by atoms with van der Waals surface area (Å²) in [6.07, 6.45) is 9.29. The molecule has 1 aliphatic carbocycles. The Balaban J connectivity index is 1.30. The minimum atomic E-state index is -1.36. The highest BCUT2D eigenvalue weighted by Crippen LogP contribution is 2.58. The summed E-state index contributed by atoms with van der Waals surface area (Å²) in [6, 6.07) is 13.9. The fraction of sp³-hybridized carbons (Fsp3) is 0.585. The number of para-hydroxylation sites is 1. The van der Waals surface area contributed by atoms with Gasteiger partial charge in [-0.05, 0) is 42.0 Å². The van der Waals surface area contributed by atoms with Crippen LogP contribution in [0, 0.1) is 5.41 Å². The Morgan fingerprint density at radius 3 is 2.34 bits per heavy atom. The molecule has 6 rings (SSSR count). The number of aromatic hydroxyl groups is 1. The average molecular weight is 734 g/mol. The van der Waals surface area contributed by atoms with Crippen LogP contribution in [0.1, 0.15) is 94.7 Å². The number of allylic oxidation sites excluding steroid dienone is 1. The van der Waals surface area contributed by atoms with Crippen LogP contribution >= 0.6 is 0 Å². The van der Waals surface area contributed by atoms with Gasteiger partial charge in [0.25, 0.3) is 0 Å². The van der Waals surface area contributed by atoms with Gasteiger partial charge in [-0.25, -0.2) is 0 Å². The second-order valence-corrected chi connectivity index (χ2v) is 14.7. The number of carbonyl (C=O) groups is 3. The molecular formula is C41H55N3O9. The van der Waals surface area contributed by atoms with Crippen molar-refractivity contribution in [1.82, 2.24) is 15.7 Å². The molecule has 0 unspecified atom stereocenters. The van der Waals surface area contributed by atoms with Crippen molar-refractivity contribution in [3.63, 3.8) is 0 Å². The van der Waals surface area contributed by atoms with E-state index < -0.39 is 47.6 Å². The molecule has 288 valence electrons. The van der Waals surface area contributed by atoms with Gasteiger partial charge in [-0.15, -0.1) is 0 Å². The van der Waals surface area contributed by atoms with Crippen molar-refractivity contribution in [2.45, 2.75) is 127 Å². The number of phenols is 1. The van der Waals surface area contributed by atoms with Crippen molar-refractivity contribution in [3.8, 4) is 5.75 Å². The number of rotatable bonds is 19. The molecule has 4 N–H and O–H groups in total. The van der Waals surface area contributed by atoms with Crippen molar-refractivity contribution in [2.75, 3.05) is 19.7 Å².